The summed E-state index contributed by atoms with van der Waals surface area (Å²) in [4.78, 5) is 12.4. The summed E-state index contributed by atoms with van der Waals surface area (Å²) in [6.45, 7) is 0. The van der Waals surface area contributed by atoms with Gasteiger partial charge in [0.15, 0.2) is 5.78 Å². The molecule has 0 fully saturated rings. The number of Topliss-reactive ketones (excluding diaryl/α,β-unsaturated/α-hetero) is 1. The van der Waals surface area contributed by atoms with Gasteiger partial charge in [0.05, 0.1) is 13.0 Å². The van der Waals surface area contributed by atoms with Gasteiger partial charge in [-0.05, 0) is 12.5 Å². The van der Waals surface area contributed by atoms with Crippen molar-refractivity contribution in [1.29, 1.82) is 5.26 Å². The fourth-order valence-electron chi connectivity index (χ4n) is 3.07. The molecule has 0 bridgehead atoms. The second-order valence-corrected chi connectivity index (χ2v) is 5.28. The van der Waals surface area contributed by atoms with Gasteiger partial charge in [0, 0.05) is 24.0 Å². The van der Waals surface area contributed by atoms with Crippen LogP contribution in [-0.4, -0.2) is 12.9 Å². The molecule has 1 aliphatic heterocycles. The highest BCUT2D eigenvalue weighted by molar-refractivity contribution is 5.99. The molecule has 1 aromatic rings. The molecule has 1 heterocycles. The molecule has 0 unspecified atom stereocenters. The molecule has 1 aliphatic carbocycles. The second-order valence-electron chi connectivity index (χ2n) is 5.28. The molecule has 0 saturated carbocycles. The van der Waals surface area contributed by atoms with Crippen molar-refractivity contribution in [2.75, 3.05) is 7.11 Å². The minimum absolute atomic E-state index is 0.0115. The van der Waals surface area contributed by atoms with Crippen LogP contribution in [0.2, 0.25) is 0 Å². The highest BCUT2D eigenvalue weighted by Crippen LogP contribution is 2.45. The molecular weight excluding hydrogens is 280 g/mol. The van der Waals surface area contributed by atoms with Crippen LogP contribution in [0.3, 0.4) is 0 Å². The number of hydrogen-bond acceptors (Lipinski definition) is 5. The van der Waals surface area contributed by atoms with Crippen LogP contribution in [0.5, 0.6) is 5.75 Å². The molecule has 5 nitrogen and oxygen atoms in total. The predicted octanol–water partition coefficient (Wildman–Crippen LogP) is 2.51. The zero-order valence-electron chi connectivity index (χ0n) is 12.3. The van der Waals surface area contributed by atoms with Crippen LogP contribution in [0, 0.1) is 11.3 Å². The summed E-state index contributed by atoms with van der Waals surface area (Å²) in [5, 5.41) is 9.49. The highest BCUT2D eigenvalue weighted by Gasteiger charge is 2.39. The molecule has 0 aromatic heterocycles. The van der Waals surface area contributed by atoms with Gasteiger partial charge in [0.1, 0.15) is 23.2 Å². The Morgan fingerprint density at radius 2 is 2.14 bits per heavy atom. The average Bonchev–Trinajstić information content (AvgIpc) is 2.53. The smallest absolute Gasteiger partial charge is 0.205 e. The van der Waals surface area contributed by atoms with Crippen LogP contribution in [-0.2, 0) is 9.53 Å². The van der Waals surface area contributed by atoms with Crippen molar-refractivity contribution in [2.24, 2.45) is 5.73 Å². The number of allylic oxidation sites excluding steroid dienone is 3. The highest BCUT2D eigenvalue weighted by atomic mass is 16.5. The number of nitrogens with two attached hydrogens (primary N) is 1. The molecule has 22 heavy (non-hydrogen) atoms. The quantitative estimate of drug-likeness (QED) is 0.906. The summed E-state index contributed by atoms with van der Waals surface area (Å²) in [5.74, 6) is 0.783. The topological polar surface area (TPSA) is 85.3 Å². The van der Waals surface area contributed by atoms with Crippen molar-refractivity contribution in [3.05, 3.63) is 52.6 Å². The fraction of sp³-hybridized carbons (Fsp3) is 0.294. The van der Waals surface area contributed by atoms with E-state index in [2.05, 4.69) is 6.07 Å². The third-order valence-corrected chi connectivity index (χ3v) is 4.05. The maximum absolute atomic E-state index is 12.4. The number of carbonyl (C=O) groups excluding carboxylic acids is 1. The molecule has 112 valence electrons. The molecule has 2 N–H and O–H groups in total. The molecule has 1 aromatic carbocycles. The van der Waals surface area contributed by atoms with E-state index in [1.54, 1.807) is 7.11 Å². The van der Waals surface area contributed by atoms with Gasteiger partial charge in [-0.15, -0.1) is 0 Å². The number of nitriles is 1. The molecule has 0 amide bonds. The molecule has 0 saturated heterocycles. The number of ketones is 1. The van der Waals surface area contributed by atoms with E-state index in [1.807, 2.05) is 24.3 Å². The summed E-state index contributed by atoms with van der Waals surface area (Å²) in [5.41, 5.74) is 7.48. The normalized spacial score (nSPS) is 21.1. The first kappa shape index (κ1) is 14.2. The van der Waals surface area contributed by atoms with E-state index < -0.39 is 5.92 Å². The van der Waals surface area contributed by atoms with Gasteiger partial charge >= 0.3 is 0 Å². The third kappa shape index (κ3) is 2.13. The summed E-state index contributed by atoms with van der Waals surface area (Å²) in [7, 11) is 1.56. The number of ether oxygens (including phenoxy) is 2. The van der Waals surface area contributed by atoms with Crippen molar-refractivity contribution >= 4 is 5.78 Å². The van der Waals surface area contributed by atoms with E-state index in [0.717, 1.165) is 12.0 Å². The molecule has 0 spiro atoms. The fourth-order valence-corrected chi connectivity index (χ4v) is 3.07. The number of para-hydroxylation sites is 1. The van der Waals surface area contributed by atoms with Crippen LogP contribution >= 0.6 is 0 Å². The molecule has 3 rings (SSSR count). The first-order valence-corrected chi connectivity index (χ1v) is 7.14. The van der Waals surface area contributed by atoms with Crippen molar-refractivity contribution in [1.82, 2.24) is 0 Å². The largest absolute Gasteiger partial charge is 0.496 e. The summed E-state index contributed by atoms with van der Waals surface area (Å²) in [6.07, 6.45) is 1.87. The Morgan fingerprint density at radius 3 is 2.86 bits per heavy atom. The lowest BCUT2D eigenvalue weighted by Crippen LogP contribution is -2.27. The van der Waals surface area contributed by atoms with E-state index in [1.165, 1.54) is 0 Å². The Morgan fingerprint density at radius 1 is 1.36 bits per heavy atom. The maximum atomic E-state index is 12.4. The molecule has 0 radical (unpaired) electrons. The van der Waals surface area contributed by atoms with Crippen LogP contribution in [0.4, 0.5) is 0 Å². The first-order valence-electron chi connectivity index (χ1n) is 7.14. The van der Waals surface area contributed by atoms with Gasteiger partial charge in [-0.3, -0.25) is 4.79 Å². The number of nitrogens with zero attached hydrogens (tertiary/aromatic N) is 1. The van der Waals surface area contributed by atoms with Gasteiger partial charge in [-0.25, -0.2) is 0 Å². The number of methoxy groups -OCH3 is 1. The molecular formula is C17H16N2O3. The minimum Gasteiger partial charge on any atom is -0.496 e. The third-order valence-electron chi connectivity index (χ3n) is 4.05. The number of hydrogen-bond donors (Lipinski definition) is 1. The maximum Gasteiger partial charge on any atom is 0.205 e. The Kier molecular flexibility index (Phi) is 3.60. The lowest BCUT2D eigenvalue weighted by atomic mass is 9.77. The average molecular weight is 296 g/mol. The Hall–Kier alpha value is -2.74. The number of rotatable bonds is 2. The standard InChI is InChI=1S/C17H16N2O3/c1-21-13-7-3-2-5-10(13)15-11(9-18)17(19)22-14-8-4-6-12(20)16(14)15/h2-3,5,7,15H,4,6,8,19H2,1H3/t15-/m1/s1. The van der Waals surface area contributed by atoms with Crippen LogP contribution in [0.15, 0.2) is 47.1 Å². The van der Waals surface area contributed by atoms with Crippen molar-refractivity contribution in [3.8, 4) is 11.8 Å². The summed E-state index contributed by atoms with van der Waals surface area (Å²) < 4.78 is 10.9. The Bertz CT molecular complexity index is 741. The lowest BCUT2D eigenvalue weighted by Gasteiger charge is -2.31. The van der Waals surface area contributed by atoms with Gasteiger partial charge in [-0.1, -0.05) is 18.2 Å². The Labute approximate surface area is 128 Å². The van der Waals surface area contributed by atoms with E-state index in [4.69, 9.17) is 15.2 Å². The second kappa shape index (κ2) is 5.57. The van der Waals surface area contributed by atoms with E-state index in [0.29, 0.717) is 29.9 Å². The van der Waals surface area contributed by atoms with Crippen LogP contribution in [0.1, 0.15) is 30.7 Å². The number of carbonyl (C=O) groups is 1. The zero-order chi connectivity index (χ0) is 15.7. The van der Waals surface area contributed by atoms with Crippen LogP contribution in [0.25, 0.3) is 0 Å². The van der Waals surface area contributed by atoms with Gasteiger partial charge < -0.3 is 15.2 Å². The predicted molar refractivity (Wildman–Crippen MR) is 79.5 cm³/mol. The van der Waals surface area contributed by atoms with E-state index in [9.17, 15) is 10.1 Å². The molecule has 5 heteroatoms. The molecule has 1 atom stereocenters. The SMILES string of the molecule is COc1ccccc1[C@@H]1C(C#N)=C(N)OC2=C1C(=O)CCC2. The summed E-state index contributed by atoms with van der Waals surface area (Å²) >= 11 is 0. The lowest BCUT2D eigenvalue weighted by molar-refractivity contribution is -0.116. The Balaban J connectivity index is 2.23. The first-order chi connectivity index (χ1) is 10.7. The van der Waals surface area contributed by atoms with Crippen molar-refractivity contribution in [3.63, 3.8) is 0 Å². The van der Waals surface area contributed by atoms with Crippen molar-refractivity contribution < 1.29 is 14.3 Å². The zero-order valence-corrected chi connectivity index (χ0v) is 12.3. The summed E-state index contributed by atoms with van der Waals surface area (Å²) in [6, 6.07) is 9.46. The monoisotopic (exact) mass is 296 g/mol. The van der Waals surface area contributed by atoms with Gasteiger partial charge in [0.2, 0.25) is 5.88 Å². The molecule has 2 aliphatic rings. The van der Waals surface area contributed by atoms with Gasteiger partial charge in [-0.2, -0.15) is 5.26 Å². The van der Waals surface area contributed by atoms with E-state index >= 15 is 0 Å². The van der Waals surface area contributed by atoms with Gasteiger partial charge in [0.25, 0.3) is 0 Å². The minimum atomic E-state index is -0.516. The van der Waals surface area contributed by atoms with E-state index in [-0.39, 0.29) is 17.2 Å². The number of benzene rings is 1. The van der Waals surface area contributed by atoms with Crippen molar-refractivity contribution in [2.45, 2.75) is 25.2 Å². The van der Waals surface area contributed by atoms with Crippen LogP contribution < -0.4 is 10.5 Å².